The molecule has 0 saturated carbocycles. The first-order valence-electron chi connectivity index (χ1n) is 13.7. The molecule has 2 saturated heterocycles. The number of hydrogen-bond acceptors (Lipinski definition) is 11. The number of nitrogens with zero attached hydrogens (tertiary/aromatic N) is 2. The Morgan fingerprint density at radius 1 is 1.07 bits per heavy atom. The van der Waals surface area contributed by atoms with Gasteiger partial charge in [-0.3, -0.25) is 14.6 Å². The number of phenolic OH excluding ortho intramolecular Hbond substituents is 2. The minimum Gasteiger partial charge on any atom is -0.507 e. The Bertz CT molecular complexity index is 1440. The first kappa shape index (κ1) is 29.6. The molecular formula is C29H34AcN2O8S. The summed E-state index contributed by atoms with van der Waals surface area (Å²) in [5.74, 6) is 1.48. The van der Waals surface area contributed by atoms with Crippen molar-refractivity contribution in [1.82, 2.24) is 9.80 Å². The second kappa shape index (κ2) is 10.6. The van der Waals surface area contributed by atoms with Crippen LogP contribution in [0.25, 0.3) is 0 Å². The number of ether oxygens (including phenoxy) is 4. The van der Waals surface area contributed by atoms with Crippen LogP contribution in [-0.2, 0) is 16.0 Å². The van der Waals surface area contributed by atoms with Gasteiger partial charge < -0.3 is 34.3 Å². The van der Waals surface area contributed by atoms with Crippen LogP contribution in [0.1, 0.15) is 57.6 Å². The molecule has 0 aromatic heterocycles. The number of aryl methyl sites for hydroxylation is 1. The number of rotatable bonds is 1. The standard InChI is InChI=1S/C29H34N2O8S.Ac/c1-11-6-14-7-15-28(34)31-16-8-37-29(35)12(2)9-40-27(19-18(16)26-25(38-10-39-26)13(3)22(19)32)21(31)20(30(15)4)17(14)23(33)24(11)36-5;/h6,12,15-16,20-21,27-28,32-34H,7-10H2,1-5H3;/t12-,15-,16+,20+,21?,27+,28-;/m0./s1. The first-order chi connectivity index (χ1) is 19.1. The number of esters is 1. The van der Waals surface area contributed by atoms with Gasteiger partial charge in [-0.2, -0.15) is 11.8 Å². The summed E-state index contributed by atoms with van der Waals surface area (Å²) in [6, 6.07) is 0.447. The number of likely N-dealkylation sites (N-methyl/N-ethyl adjacent to an activating group) is 1. The summed E-state index contributed by atoms with van der Waals surface area (Å²) in [5.41, 5.74) is 4.59. The van der Waals surface area contributed by atoms with Gasteiger partial charge in [-0.1, -0.05) is 13.0 Å². The van der Waals surface area contributed by atoms with Crippen LogP contribution in [0.3, 0.4) is 0 Å². The number of carbonyl (C=O) groups is 1. The number of aromatic hydroxyl groups is 2. The Hall–Kier alpha value is -1.42. The number of hydrogen-bond donors (Lipinski definition) is 3. The van der Waals surface area contributed by atoms with Crippen LogP contribution in [0.4, 0.5) is 0 Å². The van der Waals surface area contributed by atoms with Crippen molar-refractivity contribution in [1.29, 1.82) is 0 Å². The molecule has 7 atom stereocenters. The number of methoxy groups -OCH3 is 1. The predicted molar refractivity (Wildman–Crippen MR) is 146 cm³/mol. The first-order valence-corrected chi connectivity index (χ1v) is 14.7. The van der Waals surface area contributed by atoms with E-state index in [-0.39, 0.29) is 104 Å². The second-order valence-electron chi connectivity index (χ2n) is 11.5. The van der Waals surface area contributed by atoms with Crippen LogP contribution in [0.15, 0.2) is 6.07 Å². The van der Waals surface area contributed by atoms with Gasteiger partial charge in [-0.25, -0.2) is 0 Å². The van der Waals surface area contributed by atoms with Gasteiger partial charge >= 0.3 is 5.97 Å². The summed E-state index contributed by atoms with van der Waals surface area (Å²) in [6.45, 7) is 5.58. The fourth-order valence-electron chi connectivity index (χ4n) is 7.61. The zero-order chi connectivity index (χ0) is 28.2. The van der Waals surface area contributed by atoms with Crippen molar-refractivity contribution in [2.24, 2.45) is 5.92 Å². The number of piperazine rings is 1. The van der Waals surface area contributed by atoms with Gasteiger partial charge in [0.25, 0.3) is 0 Å². The van der Waals surface area contributed by atoms with Crippen molar-refractivity contribution in [2.75, 3.05) is 33.3 Å². The van der Waals surface area contributed by atoms with Gasteiger partial charge in [0.15, 0.2) is 23.0 Å². The Morgan fingerprint density at radius 3 is 2.54 bits per heavy atom. The molecule has 4 bridgehead atoms. The summed E-state index contributed by atoms with van der Waals surface area (Å²) in [4.78, 5) is 17.1. The third kappa shape index (κ3) is 4.07. The number of phenols is 2. The third-order valence-corrected chi connectivity index (χ3v) is 11.0. The van der Waals surface area contributed by atoms with Crippen molar-refractivity contribution in [2.45, 2.75) is 62.8 Å². The van der Waals surface area contributed by atoms with Gasteiger partial charge in [0, 0.05) is 78.1 Å². The van der Waals surface area contributed by atoms with Crippen LogP contribution in [-0.4, -0.2) is 82.7 Å². The molecule has 5 aliphatic heterocycles. The number of carbonyl (C=O) groups excluding carboxylic acids is 1. The SMILES string of the molecule is COc1c(C)cc2c(c1O)[C@@H]1C3[C@@H]4SC[C@H](C)C(=O)OC[C@H](c5c6c(c(C)c(O)c54)OCO6)N3[C@@H](O)[C@H](C2)N1C.[Ac]. The fourth-order valence-corrected chi connectivity index (χ4v) is 9.13. The number of thioether (sulfide) groups is 1. The number of fused-ring (bicyclic) bond motifs is 9. The summed E-state index contributed by atoms with van der Waals surface area (Å²) in [7, 11) is 3.54. The van der Waals surface area contributed by atoms with Crippen LogP contribution in [0.5, 0.6) is 28.7 Å². The van der Waals surface area contributed by atoms with Crippen LogP contribution < -0.4 is 14.2 Å². The van der Waals surface area contributed by atoms with E-state index in [1.807, 2.05) is 38.8 Å². The van der Waals surface area contributed by atoms with Gasteiger partial charge in [-0.05, 0) is 38.4 Å². The molecule has 7 rings (SSSR count). The molecule has 1 radical (unpaired) electrons. The molecule has 41 heavy (non-hydrogen) atoms. The summed E-state index contributed by atoms with van der Waals surface area (Å²) in [6.07, 6.45) is -0.391. The summed E-state index contributed by atoms with van der Waals surface area (Å²) < 4.78 is 23.3. The average molecular weight is 798 g/mol. The molecule has 5 heterocycles. The molecule has 10 nitrogen and oxygen atoms in total. The van der Waals surface area contributed by atoms with E-state index in [9.17, 15) is 20.1 Å². The fraction of sp³-hybridized carbons (Fsp3) is 0.552. The molecule has 0 aliphatic carbocycles. The van der Waals surface area contributed by atoms with E-state index in [1.54, 1.807) is 18.9 Å². The molecule has 3 N–H and O–H groups in total. The molecule has 1 unspecified atom stereocenters. The van der Waals surface area contributed by atoms with E-state index >= 15 is 0 Å². The van der Waals surface area contributed by atoms with E-state index in [0.717, 1.165) is 16.7 Å². The Balaban J connectivity index is 0.00000302. The molecule has 217 valence electrons. The molecule has 0 spiro atoms. The van der Waals surface area contributed by atoms with Gasteiger partial charge in [0.2, 0.25) is 6.79 Å². The average Bonchev–Trinajstić information content (AvgIpc) is 3.41. The van der Waals surface area contributed by atoms with Crippen LogP contribution >= 0.6 is 11.8 Å². The normalized spacial score (nSPS) is 31.9. The van der Waals surface area contributed by atoms with E-state index < -0.39 is 12.3 Å². The van der Waals surface area contributed by atoms with E-state index in [4.69, 9.17) is 18.9 Å². The van der Waals surface area contributed by atoms with Crippen molar-refractivity contribution in [3.8, 4) is 28.7 Å². The largest absolute Gasteiger partial charge is 0.507 e. The smallest absolute Gasteiger partial charge is 0.309 e. The molecule has 2 aromatic carbocycles. The molecule has 2 aromatic rings. The van der Waals surface area contributed by atoms with Crippen molar-refractivity contribution < 1.29 is 83.1 Å². The van der Waals surface area contributed by atoms with Crippen molar-refractivity contribution >= 4 is 17.7 Å². The van der Waals surface area contributed by atoms with Crippen LogP contribution in [0.2, 0.25) is 0 Å². The number of aliphatic hydroxyl groups is 1. The number of benzene rings is 2. The van der Waals surface area contributed by atoms with Crippen molar-refractivity contribution in [3.63, 3.8) is 0 Å². The monoisotopic (exact) mass is 797 g/mol. The van der Waals surface area contributed by atoms with Gasteiger partial charge in [0.05, 0.1) is 36.4 Å². The number of cyclic esters (lactones) is 1. The van der Waals surface area contributed by atoms with Crippen molar-refractivity contribution in [3.05, 3.63) is 39.4 Å². The quantitative estimate of drug-likeness (QED) is 0.370. The maximum atomic E-state index is 12.9. The number of aliphatic hydroxyl groups excluding tert-OH is 1. The van der Waals surface area contributed by atoms with E-state index in [2.05, 4.69) is 4.90 Å². The maximum absolute atomic E-state index is 12.9. The Morgan fingerprint density at radius 2 is 1.80 bits per heavy atom. The molecule has 2 fully saturated rings. The van der Waals surface area contributed by atoms with Gasteiger partial charge in [-0.15, -0.1) is 0 Å². The minimum atomic E-state index is -0.915. The minimum absolute atomic E-state index is 0. The molecule has 0 amide bonds. The van der Waals surface area contributed by atoms with Crippen LogP contribution in [0, 0.1) is 63.8 Å². The van der Waals surface area contributed by atoms with E-state index in [1.165, 1.54) is 0 Å². The zero-order valence-electron chi connectivity index (χ0n) is 23.7. The topological polar surface area (TPSA) is 121 Å². The van der Waals surface area contributed by atoms with Gasteiger partial charge in [0.1, 0.15) is 18.6 Å². The molecular weight excluding hydrogens is 763 g/mol. The summed E-state index contributed by atoms with van der Waals surface area (Å²) in [5, 5.41) is 35.0. The third-order valence-electron chi connectivity index (χ3n) is 9.47. The Labute approximate surface area is 278 Å². The van der Waals surface area contributed by atoms with E-state index in [0.29, 0.717) is 46.1 Å². The second-order valence-corrected chi connectivity index (χ2v) is 12.7. The Kier molecular flexibility index (Phi) is 7.69. The maximum Gasteiger partial charge on any atom is 0.309 e. The molecule has 5 aliphatic rings. The summed E-state index contributed by atoms with van der Waals surface area (Å²) >= 11 is 1.56. The molecule has 12 heteroatoms. The zero-order valence-corrected chi connectivity index (χ0v) is 29.3. The predicted octanol–water partition coefficient (Wildman–Crippen LogP) is 3.07.